The molecule has 0 spiro atoms. The molecule has 0 aromatic heterocycles. The molecule has 570 valence electrons. The van der Waals surface area contributed by atoms with E-state index >= 15 is 0 Å². The fourth-order valence-electron chi connectivity index (χ4n) is 9.90. The van der Waals surface area contributed by atoms with Gasteiger partial charge < -0.3 is 87.9 Å². The summed E-state index contributed by atoms with van der Waals surface area (Å²) in [7, 11) is 0. The molecule has 0 radical (unpaired) electrons. The van der Waals surface area contributed by atoms with Gasteiger partial charge in [0.2, 0.25) is 35.4 Å². The second-order valence-corrected chi connectivity index (χ2v) is 29.1. The minimum Gasteiger partial charge on any atom is -0.478 e. The van der Waals surface area contributed by atoms with Crippen molar-refractivity contribution in [2.45, 2.75) is 182 Å². The molecule has 0 aliphatic heterocycles. The van der Waals surface area contributed by atoms with E-state index in [1.54, 1.807) is 174 Å². The van der Waals surface area contributed by atoms with Gasteiger partial charge in [0.15, 0.2) is 0 Å². The van der Waals surface area contributed by atoms with Gasteiger partial charge in [-0.05, 0) is 175 Å². The van der Waals surface area contributed by atoms with E-state index in [1.165, 1.54) is 63.2 Å². The average molecular weight is 1480 g/mol. The SMILES string of the molecule is C[C@H](NC(=O)OC(C)(C)C)C(=O)Nc1cc(NC(=O)[C@H](C)NC(=O)OC(C)(C)C)cc(C(=O)N[C@@H](C)C(=O)Nc2cc(NC(=O)[C@H](Cc3ccccc3)NC(=O)c3cc(NC(=O)[C@H](Cc4ccccc4)NC(=O)OC(C)(C)C)cc(NC(=O)[C@H](Cc4ccccc4)NC(=O)OC(C)(C)C)c3)cc(C(=O)O)c2)c1. The van der Waals surface area contributed by atoms with Crippen LogP contribution in [-0.2, 0) is 67.0 Å². The van der Waals surface area contributed by atoms with Gasteiger partial charge in [-0.15, -0.1) is 0 Å². The molecule has 0 unspecified atom stereocenters. The normalized spacial score (nSPS) is 13.0. The molecule has 0 aliphatic rings. The highest BCUT2D eigenvalue weighted by Crippen LogP contribution is 2.26. The number of rotatable bonds is 27. The lowest BCUT2D eigenvalue weighted by molar-refractivity contribution is -0.118. The van der Waals surface area contributed by atoms with E-state index in [1.807, 2.05) is 0 Å². The maximum Gasteiger partial charge on any atom is 0.408 e. The van der Waals surface area contributed by atoms with Crippen LogP contribution in [0.25, 0.3) is 0 Å². The predicted octanol–water partition coefficient (Wildman–Crippen LogP) is 9.97. The maximum absolute atomic E-state index is 15.0. The molecule has 6 atom stereocenters. The molecule has 0 saturated carbocycles. The van der Waals surface area contributed by atoms with E-state index in [0.29, 0.717) is 16.7 Å². The number of hydrogen-bond donors (Lipinski definition) is 13. The van der Waals surface area contributed by atoms with E-state index in [-0.39, 0.29) is 64.5 Å². The number of carbonyl (C=O) groups excluding carboxylic acids is 12. The van der Waals surface area contributed by atoms with Crippen LogP contribution in [0.4, 0.5) is 53.3 Å². The number of alkyl carbamates (subject to hydrolysis) is 4. The van der Waals surface area contributed by atoms with Crippen molar-refractivity contribution in [2.24, 2.45) is 0 Å². The second kappa shape index (κ2) is 36.9. The molecule has 0 saturated heterocycles. The zero-order chi connectivity index (χ0) is 79.3. The highest BCUT2D eigenvalue weighted by Gasteiger charge is 2.32. The Labute approximate surface area is 620 Å². The number of carbonyl (C=O) groups is 13. The van der Waals surface area contributed by atoms with E-state index < -0.39 is 142 Å². The van der Waals surface area contributed by atoms with Crippen LogP contribution in [-0.4, -0.2) is 141 Å². The van der Waals surface area contributed by atoms with Gasteiger partial charge in [-0.3, -0.25) is 38.4 Å². The number of amides is 12. The van der Waals surface area contributed by atoms with Gasteiger partial charge in [-0.1, -0.05) is 91.0 Å². The van der Waals surface area contributed by atoms with Crippen LogP contribution in [0.15, 0.2) is 146 Å². The minimum atomic E-state index is -1.50. The zero-order valence-corrected chi connectivity index (χ0v) is 62.3. The summed E-state index contributed by atoms with van der Waals surface area (Å²) in [6.45, 7) is 23.7. The van der Waals surface area contributed by atoms with E-state index in [0.717, 1.165) is 12.1 Å². The Morgan fingerprint density at radius 2 is 0.523 bits per heavy atom. The fourth-order valence-corrected chi connectivity index (χ4v) is 9.90. The third-order valence-corrected chi connectivity index (χ3v) is 14.7. The van der Waals surface area contributed by atoms with Crippen molar-refractivity contribution >= 4 is 112 Å². The number of hydrogen-bond acceptors (Lipinski definition) is 17. The summed E-state index contributed by atoms with van der Waals surface area (Å²) in [4.78, 5) is 178. The number of ether oxygens (including phenoxy) is 4. The van der Waals surface area contributed by atoms with Crippen molar-refractivity contribution in [1.29, 1.82) is 0 Å². The molecular weight excluding hydrogens is 1380 g/mol. The van der Waals surface area contributed by atoms with Crippen LogP contribution in [0.5, 0.6) is 0 Å². The summed E-state index contributed by atoms with van der Waals surface area (Å²) in [5.41, 5.74) is -3.48. The predicted molar refractivity (Wildman–Crippen MR) is 401 cm³/mol. The summed E-state index contributed by atoms with van der Waals surface area (Å²) >= 11 is 0. The third kappa shape index (κ3) is 29.4. The monoisotopic (exact) mass is 1470 g/mol. The van der Waals surface area contributed by atoms with Crippen LogP contribution >= 0.6 is 0 Å². The molecule has 30 heteroatoms. The van der Waals surface area contributed by atoms with E-state index in [9.17, 15) is 67.4 Å². The highest BCUT2D eigenvalue weighted by molar-refractivity contribution is 6.08. The van der Waals surface area contributed by atoms with Gasteiger partial charge in [0, 0.05) is 64.5 Å². The number of anilines is 6. The second-order valence-electron chi connectivity index (χ2n) is 29.1. The number of carboxylic acids is 1. The number of aromatic carboxylic acids is 1. The average Bonchev–Trinajstić information content (AvgIpc) is 0.830. The third-order valence-electron chi connectivity index (χ3n) is 14.7. The van der Waals surface area contributed by atoms with Gasteiger partial charge in [0.1, 0.15) is 58.7 Å². The molecule has 0 fully saturated rings. The first-order valence-corrected chi connectivity index (χ1v) is 34.2. The molecule has 107 heavy (non-hydrogen) atoms. The first kappa shape index (κ1) is 83.6. The van der Waals surface area contributed by atoms with Crippen LogP contribution in [0.2, 0.25) is 0 Å². The first-order chi connectivity index (χ1) is 49.9. The molecule has 6 aromatic carbocycles. The van der Waals surface area contributed by atoms with Crippen molar-refractivity contribution in [3.63, 3.8) is 0 Å². The molecular formula is C77H94N12O18. The summed E-state index contributed by atoms with van der Waals surface area (Å²) in [6, 6.07) is 29.0. The van der Waals surface area contributed by atoms with Crippen LogP contribution in [0, 0.1) is 0 Å². The van der Waals surface area contributed by atoms with E-state index in [2.05, 4.69) is 63.8 Å². The van der Waals surface area contributed by atoms with Crippen LogP contribution in [0.1, 0.15) is 152 Å². The van der Waals surface area contributed by atoms with Crippen molar-refractivity contribution in [3.05, 3.63) is 179 Å². The van der Waals surface area contributed by atoms with Crippen LogP contribution in [0.3, 0.4) is 0 Å². The lowest BCUT2D eigenvalue weighted by Crippen LogP contribution is -2.47. The van der Waals surface area contributed by atoms with Gasteiger partial charge in [-0.25, -0.2) is 24.0 Å². The van der Waals surface area contributed by atoms with Crippen molar-refractivity contribution in [1.82, 2.24) is 31.9 Å². The summed E-state index contributed by atoms with van der Waals surface area (Å²) in [5.74, 6) is -8.32. The zero-order valence-electron chi connectivity index (χ0n) is 62.3. The Bertz CT molecular complexity index is 4070. The Kier molecular flexibility index (Phi) is 28.8. The number of benzene rings is 6. The van der Waals surface area contributed by atoms with Gasteiger partial charge in [0.05, 0.1) is 5.56 Å². The highest BCUT2D eigenvalue weighted by atomic mass is 16.6. The molecule has 13 N–H and O–H groups in total. The molecule has 6 aromatic rings. The Morgan fingerprint density at radius 1 is 0.299 bits per heavy atom. The van der Waals surface area contributed by atoms with Crippen molar-refractivity contribution in [2.75, 3.05) is 31.9 Å². The topological polar surface area (TPSA) is 423 Å². The summed E-state index contributed by atoms with van der Waals surface area (Å²) < 4.78 is 21.5. The molecule has 12 amide bonds. The minimum absolute atomic E-state index is 0.0308. The van der Waals surface area contributed by atoms with E-state index in [4.69, 9.17) is 18.9 Å². The molecule has 0 aliphatic carbocycles. The van der Waals surface area contributed by atoms with Gasteiger partial charge in [0.25, 0.3) is 11.8 Å². The van der Waals surface area contributed by atoms with Crippen molar-refractivity contribution in [3.8, 4) is 0 Å². The standard InChI is InChI=1S/C77H94N12O18/c1-43(78-64(93)49-34-52(81-62(91)44(2)79-70(100)104-74(4,5)6)40-53(35-49)82-63(92)45(3)80-71(101)105-75(7,8)9)61(90)83-56-38-51(69(98)99)39-57(42-56)86-66(95)58(31-46-25-19-16-20-26-46)87-65(94)50-36-54(84-67(96)59(32-47-27-21-17-22-28-47)88-72(102)106-76(10,11)12)41-55(37-50)85-68(97)60(33-48-29-23-18-24-30-48)89-73(103)107-77(13,14)15/h16-30,34-45,58-60H,31-33H2,1-15H3,(H,78,93)(H,79,100)(H,80,101)(H,81,91)(H,82,92)(H,83,90)(H,84,96)(H,85,97)(H,86,95)(H,87,94)(H,88,102)(H,89,103)(H,98,99)/t43-,44-,45-,58-,59-,60-/m0/s1. The van der Waals surface area contributed by atoms with Gasteiger partial charge >= 0.3 is 30.3 Å². The van der Waals surface area contributed by atoms with Crippen LogP contribution < -0.4 is 63.8 Å². The smallest absolute Gasteiger partial charge is 0.408 e. The Hall–Kier alpha value is -12.4. The molecule has 0 heterocycles. The Balaban J connectivity index is 1.30. The lowest BCUT2D eigenvalue weighted by Gasteiger charge is -2.24. The van der Waals surface area contributed by atoms with Crippen molar-refractivity contribution < 1.29 is 86.4 Å². The summed E-state index contributed by atoms with van der Waals surface area (Å²) in [6.07, 6.45) is -3.87. The molecule has 6 rings (SSSR count). The Morgan fingerprint density at radius 3 is 0.785 bits per heavy atom. The fraction of sp³-hybridized carbons (Fsp3) is 0.364. The lowest BCUT2D eigenvalue weighted by atomic mass is 10.0. The number of carboxylic acid groups (broad SMARTS) is 1. The molecule has 0 bridgehead atoms. The first-order valence-electron chi connectivity index (χ1n) is 34.2. The molecule has 30 nitrogen and oxygen atoms in total. The maximum atomic E-state index is 15.0. The number of nitrogens with one attached hydrogen (secondary N) is 12. The summed E-state index contributed by atoms with van der Waals surface area (Å²) in [5, 5.41) is 41.5. The van der Waals surface area contributed by atoms with Gasteiger partial charge in [-0.2, -0.15) is 0 Å². The quantitative estimate of drug-likeness (QED) is 0.0213. The largest absolute Gasteiger partial charge is 0.478 e.